The Bertz CT molecular complexity index is 1450. The average Bonchev–Trinajstić information content (AvgIpc) is 3.29. The fourth-order valence-electron chi connectivity index (χ4n) is 4.21. The van der Waals surface area contributed by atoms with Crippen LogP contribution in [0.15, 0.2) is 48.7 Å². The van der Waals surface area contributed by atoms with E-state index in [0.29, 0.717) is 22.4 Å². The van der Waals surface area contributed by atoms with E-state index in [1.54, 1.807) is 12.3 Å². The number of nitrogens with zero attached hydrogens (tertiary/aromatic N) is 3. The number of rotatable bonds is 6. The number of aromatic hydroxyl groups is 7. The summed E-state index contributed by atoms with van der Waals surface area (Å²) in [6.07, 6.45) is 0.421. The molecule has 12 heteroatoms. The molecule has 1 aliphatic rings. The number of hydrogen-bond donors (Lipinski definition) is 7. The van der Waals surface area contributed by atoms with Gasteiger partial charge in [0.05, 0.1) is 19.3 Å². The van der Waals surface area contributed by atoms with Gasteiger partial charge < -0.3 is 45.2 Å². The molecule has 0 aliphatic carbocycles. The minimum atomic E-state index is -0.752. The van der Waals surface area contributed by atoms with Crippen molar-refractivity contribution in [1.29, 1.82) is 0 Å². The van der Waals surface area contributed by atoms with E-state index in [1.807, 2.05) is 0 Å². The number of fused-ring (bicyclic) bond motifs is 1. The van der Waals surface area contributed by atoms with Gasteiger partial charge in [0.15, 0.2) is 34.9 Å². The topological polar surface area (TPSA) is 191 Å². The SMILES string of the molecule is Oc1cc(O)c2c(c1)O[C@H](c1ccc(O)c(O)c1)[C@@H](OCc1cn(Cc3cc(O)c(O)c(O)c3)nn1)C2. The predicted molar refractivity (Wildman–Crippen MR) is 126 cm³/mol. The molecule has 3 aromatic carbocycles. The molecule has 4 aromatic rings. The van der Waals surface area contributed by atoms with Crippen molar-refractivity contribution in [2.45, 2.75) is 31.8 Å². The summed E-state index contributed by atoms with van der Waals surface area (Å²) in [6, 6.07) is 9.42. The molecular formula is C25H23N3O9. The van der Waals surface area contributed by atoms with E-state index < -0.39 is 29.5 Å². The Labute approximate surface area is 209 Å². The van der Waals surface area contributed by atoms with Crippen molar-refractivity contribution in [3.63, 3.8) is 0 Å². The van der Waals surface area contributed by atoms with Crippen molar-refractivity contribution in [2.75, 3.05) is 0 Å². The van der Waals surface area contributed by atoms with Gasteiger partial charge in [-0.05, 0) is 35.4 Å². The van der Waals surface area contributed by atoms with Crippen molar-refractivity contribution in [3.05, 3.63) is 71.0 Å². The van der Waals surface area contributed by atoms with Gasteiger partial charge in [-0.3, -0.25) is 0 Å². The van der Waals surface area contributed by atoms with Crippen molar-refractivity contribution in [1.82, 2.24) is 15.0 Å². The smallest absolute Gasteiger partial charge is 0.200 e. The maximum Gasteiger partial charge on any atom is 0.200 e. The number of ether oxygens (including phenoxy) is 2. The molecular weight excluding hydrogens is 486 g/mol. The Kier molecular flexibility index (Phi) is 6.01. The lowest BCUT2D eigenvalue weighted by Gasteiger charge is -2.34. The summed E-state index contributed by atoms with van der Waals surface area (Å²) in [4.78, 5) is 0. The largest absolute Gasteiger partial charge is 0.508 e. The van der Waals surface area contributed by atoms with E-state index in [-0.39, 0.29) is 48.3 Å². The van der Waals surface area contributed by atoms with E-state index in [4.69, 9.17) is 9.47 Å². The molecule has 0 bridgehead atoms. The Balaban J connectivity index is 1.35. The standard InChI is InChI=1S/C25H23N3O9/c29-15-6-18(31)16-8-23(25(37-22(16)7-15)13-1-2-17(30)19(32)5-13)36-11-14-10-28(27-26-14)9-12-3-20(33)24(35)21(34)4-12/h1-7,10,23,25,29-35H,8-9,11H2/t23-,25+/m0/s1. The molecule has 0 saturated carbocycles. The zero-order chi connectivity index (χ0) is 26.3. The first-order chi connectivity index (χ1) is 17.7. The first-order valence-electron chi connectivity index (χ1n) is 11.2. The third-order valence-electron chi connectivity index (χ3n) is 6.00. The van der Waals surface area contributed by atoms with E-state index in [0.717, 1.165) is 0 Å². The van der Waals surface area contributed by atoms with Crippen LogP contribution in [0.1, 0.15) is 28.5 Å². The highest BCUT2D eigenvalue weighted by molar-refractivity contribution is 5.52. The number of phenols is 7. The van der Waals surface area contributed by atoms with Gasteiger partial charge in [-0.15, -0.1) is 5.10 Å². The summed E-state index contributed by atoms with van der Waals surface area (Å²) in [5.41, 5.74) is 1.88. The van der Waals surface area contributed by atoms with E-state index >= 15 is 0 Å². The fraction of sp³-hybridized carbons (Fsp3) is 0.200. The molecule has 0 fully saturated rings. The molecule has 1 aromatic heterocycles. The lowest BCUT2D eigenvalue weighted by Crippen LogP contribution is -2.33. The fourth-order valence-corrected chi connectivity index (χ4v) is 4.21. The molecule has 37 heavy (non-hydrogen) atoms. The van der Waals surface area contributed by atoms with Gasteiger partial charge in [-0.2, -0.15) is 0 Å². The number of aromatic nitrogens is 3. The zero-order valence-corrected chi connectivity index (χ0v) is 19.2. The average molecular weight is 509 g/mol. The Morgan fingerprint density at radius 3 is 2.35 bits per heavy atom. The molecule has 0 spiro atoms. The quantitative estimate of drug-likeness (QED) is 0.189. The molecule has 1 aliphatic heterocycles. The number of phenolic OH excluding ortho intramolecular Hbond substituents is 7. The molecule has 0 saturated heterocycles. The highest BCUT2D eigenvalue weighted by Crippen LogP contribution is 2.44. The molecule has 0 amide bonds. The van der Waals surface area contributed by atoms with Crippen LogP contribution in [0.2, 0.25) is 0 Å². The van der Waals surface area contributed by atoms with Crippen LogP contribution in [-0.4, -0.2) is 56.8 Å². The molecule has 0 radical (unpaired) electrons. The van der Waals surface area contributed by atoms with Gasteiger partial charge >= 0.3 is 0 Å². The summed E-state index contributed by atoms with van der Waals surface area (Å²) < 4.78 is 13.6. The van der Waals surface area contributed by atoms with Gasteiger partial charge in [-0.25, -0.2) is 4.68 Å². The Hall–Kier alpha value is -4.84. The van der Waals surface area contributed by atoms with Crippen molar-refractivity contribution < 1.29 is 45.2 Å². The molecule has 7 N–H and O–H groups in total. The maximum atomic E-state index is 10.3. The van der Waals surface area contributed by atoms with Gasteiger partial charge in [0, 0.05) is 24.1 Å². The maximum absolute atomic E-state index is 10.3. The monoisotopic (exact) mass is 509 g/mol. The van der Waals surface area contributed by atoms with Crippen LogP contribution >= 0.6 is 0 Å². The highest BCUT2D eigenvalue weighted by Gasteiger charge is 2.35. The molecule has 5 rings (SSSR count). The Morgan fingerprint density at radius 1 is 0.865 bits per heavy atom. The highest BCUT2D eigenvalue weighted by atomic mass is 16.5. The van der Waals surface area contributed by atoms with Crippen molar-refractivity contribution in [3.8, 4) is 46.0 Å². The second-order valence-corrected chi connectivity index (χ2v) is 8.67. The summed E-state index contributed by atoms with van der Waals surface area (Å²) >= 11 is 0. The minimum Gasteiger partial charge on any atom is -0.508 e. The molecule has 192 valence electrons. The summed E-state index contributed by atoms with van der Waals surface area (Å²) in [7, 11) is 0. The lowest BCUT2D eigenvalue weighted by atomic mass is 9.93. The summed E-state index contributed by atoms with van der Waals surface area (Å²) in [6.45, 7) is 0.163. The molecule has 0 unspecified atom stereocenters. The minimum absolute atomic E-state index is 0.00878. The van der Waals surface area contributed by atoms with Gasteiger partial charge in [0.1, 0.15) is 29.0 Å². The van der Waals surface area contributed by atoms with Crippen LogP contribution in [-0.2, 0) is 24.3 Å². The van der Waals surface area contributed by atoms with Gasteiger partial charge in [-0.1, -0.05) is 11.3 Å². The number of hydrogen-bond acceptors (Lipinski definition) is 11. The van der Waals surface area contributed by atoms with Gasteiger partial charge in [0.2, 0.25) is 0 Å². The summed E-state index contributed by atoms with van der Waals surface area (Å²) in [5.74, 6) is -2.21. The number of benzene rings is 3. The molecule has 2 heterocycles. The van der Waals surface area contributed by atoms with E-state index in [1.165, 1.54) is 41.1 Å². The van der Waals surface area contributed by atoms with Crippen molar-refractivity contribution >= 4 is 0 Å². The third kappa shape index (κ3) is 4.82. The molecule has 12 nitrogen and oxygen atoms in total. The molecule has 2 atom stereocenters. The van der Waals surface area contributed by atoms with Crippen molar-refractivity contribution in [2.24, 2.45) is 0 Å². The normalized spacial score (nSPS) is 16.8. The van der Waals surface area contributed by atoms with E-state index in [9.17, 15) is 35.7 Å². The third-order valence-corrected chi connectivity index (χ3v) is 6.00. The zero-order valence-electron chi connectivity index (χ0n) is 19.2. The lowest BCUT2D eigenvalue weighted by molar-refractivity contribution is -0.0476. The second kappa shape index (κ2) is 9.32. The van der Waals surface area contributed by atoms with Crippen LogP contribution in [0.4, 0.5) is 0 Å². The van der Waals surface area contributed by atoms with Gasteiger partial charge in [0.25, 0.3) is 0 Å². The first-order valence-corrected chi connectivity index (χ1v) is 11.2. The first kappa shape index (κ1) is 23.9. The van der Waals surface area contributed by atoms with Crippen LogP contribution in [0, 0.1) is 0 Å². The van der Waals surface area contributed by atoms with Crippen LogP contribution in [0.3, 0.4) is 0 Å². The van der Waals surface area contributed by atoms with Crippen LogP contribution in [0.5, 0.6) is 46.0 Å². The summed E-state index contributed by atoms with van der Waals surface area (Å²) in [5, 5.41) is 76.9. The van der Waals surface area contributed by atoms with Crippen LogP contribution < -0.4 is 4.74 Å². The second-order valence-electron chi connectivity index (χ2n) is 8.67. The van der Waals surface area contributed by atoms with E-state index in [2.05, 4.69) is 10.3 Å². The Morgan fingerprint density at radius 2 is 1.62 bits per heavy atom. The predicted octanol–water partition coefficient (Wildman–Crippen LogP) is 2.53. The van der Waals surface area contributed by atoms with Crippen LogP contribution in [0.25, 0.3) is 0 Å².